The molecule has 2 aromatic heterocycles. The van der Waals surface area contributed by atoms with Crippen molar-refractivity contribution in [2.75, 3.05) is 13.1 Å². The number of hydrogen-bond donors (Lipinski definition) is 2. The zero-order chi connectivity index (χ0) is 13.7. The minimum Gasteiger partial charge on any atom is -0.409 e. The van der Waals surface area contributed by atoms with Gasteiger partial charge in [0.1, 0.15) is 11.5 Å². The van der Waals surface area contributed by atoms with Gasteiger partial charge in [0, 0.05) is 31.9 Å². The molecule has 3 N–H and O–H groups in total. The highest BCUT2D eigenvalue weighted by Gasteiger charge is 2.08. The lowest BCUT2D eigenvalue weighted by Gasteiger charge is -2.18. The Morgan fingerprint density at radius 2 is 2.37 bits per heavy atom. The average Bonchev–Trinajstić information content (AvgIpc) is 2.85. The zero-order valence-electron chi connectivity index (χ0n) is 11.0. The van der Waals surface area contributed by atoms with Gasteiger partial charge in [-0.3, -0.25) is 4.90 Å². The van der Waals surface area contributed by atoms with Crippen LogP contribution in [0.15, 0.2) is 35.7 Å². The second-order valence-electron chi connectivity index (χ2n) is 4.41. The molecular formula is C13H19N5O. The maximum atomic E-state index is 8.53. The first kappa shape index (κ1) is 13.4. The van der Waals surface area contributed by atoms with E-state index in [1.54, 1.807) is 0 Å². The van der Waals surface area contributed by atoms with Gasteiger partial charge in [-0.2, -0.15) is 0 Å². The van der Waals surface area contributed by atoms with Gasteiger partial charge in [0.25, 0.3) is 0 Å². The summed E-state index contributed by atoms with van der Waals surface area (Å²) in [4.78, 5) is 6.77. The topological polar surface area (TPSA) is 79.1 Å². The highest BCUT2D eigenvalue weighted by molar-refractivity contribution is 5.79. The molecule has 6 heteroatoms. The van der Waals surface area contributed by atoms with E-state index in [1.165, 1.54) is 0 Å². The lowest BCUT2D eigenvalue weighted by Crippen LogP contribution is -2.28. The van der Waals surface area contributed by atoms with Gasteiger partial charge in [0.15, 0.2) is 0 Å². The van der Waals surface area contributed by atoms with E-state index in [0.717, 1.165) is 31.0 Å². The van der Waals surface area contributed by atoms with Crippen LogP contribution in [0, 0.1) is 0 Å². The summed E-state index contributed by atoms with van der Waals surface area (Å²) >= 11 is 0. The van der Waals surface area contributed by atoms with Crippen LogP contribution < -0.4 is 5.73 Å². The molecule has 0 aliphatic heterocycles. The summed E-state index contributed by atoms with van der Waals surface area (Å²) < 4.78 is 2.01. The Kier molecular flexibility index (Phi) is 4.35. The number of pyridine rings is 1. The van der Waals surface area contributed by atoms with E-state index in [0.29, 0.717) is 6.42 Å². The molecule has 0 spiro atoms. The molecule has 0 aromatic carbocycles. The Labute approximate surface area is 112 Å². The smallest absolute Gasteiger partial charge is 0.140 e. The molecule has 0 aliphatic carbocycles. The number of imidazole rings is 1. The van der Waals surface area contributed by atoms with E-state index in [1.807, 2.05) is 35.0 Å². The first-order valence-electron chi connectivity index (χ1n) is 6.34. The van der Waals surface area contributed by atoms with Crippen LogP contribution in [-0.4, -0.2) is 38.4 Å². The number of hydrogen-bond acceptors (Lipinski definition) is 4. The number of nitrogens with two attached hydrogens (primary N) is 1. The van der Waals surface area contributed by atoms with Crippen LogP contribution in [0.1, 0.15) is 19.0 Å². The first-order chi connectivity index (χ1) is 9.22. The van der Waals surface area contributed by atoms with E-state index in [2.05, 4.69) is 22.0 Å². The van der Waals surface area contributed by atoms with Crippen molar-refractivity contribution in [2.45, 2.75) is 19.9 Å². The van der Waals surface area contributed by atoms with Crippen molar-refractivity contribution in [1.29, 1.82) is 0 Å². The number of fused-ring (bicyclic) bond motifs is 1. The molecule has 19 heavy (non-hydrogen) atoms. The number of aromatic nitrogens is 2. The van der Waals surface area contributed by atoms with Crippen LogP contribution in [0.3, 0.4) is 0 Å². The van der Waals surface area contributed by atoms with Crippen LogP contribution >= 0.6 is 0 Å². The molecule has 102 valence electrons. The molecule has 0 saturated heterocycles. The predicted molar refractivity (Wildman–Crippen MR) is 74.2 cm³/mol. The van der Waals surface area contributed by atoms with Gasteiger partial charge < -0.3 is 15.3 Å². The summed E-state index contributed by atoms with van der Waals surface area (Å²) in [5.74, 6) is 0.258. The fourth-order valence-corrected chi connectivity index (χ4v) is 1.96. The van der Waals surface area contributed by atoms with Crippen molar-refractivity contribution in [3.05, 3.63) is 36.3 Å². The number of oxime groups is 1. The zero-order valence-corrected chi connectivity index (χ0v) is 11.0. The summed E-state index contributed by atoms with van der Waals surface area (Å²) in [6, 6.07) is 5.94. The normalized spacial score (nSPS) is 12.4. The molecule has 0 saturated carbocycles. The Morgan fingerprint density at radius 3 is 3.05 bits per heavy atom. The highest BCUT2D eigenvalue weighted by Crippen LogP contribution is 2.07. The molecule has 2 heterocycles. The Bertz CT molecular complexity index is 530. The third-order valence-corrected chi connectivity index (χ3v) is 3.06. The Morgan fingerprint density at radius 1 is 1.53 bits per heavy atom. The molecule has 0 radical (unpaired) electrons. The van der Waals surface area contributed by atoms with Crippen LogP contribution in [0.5, 0.6) is 0 Å². The molecule has 0 unspecified atom stereocenters. The van der Waals surface area contributed by atoms with Gasteiger partial charge in [0.05, 0.1) is 5.69 Å². The van der Waals surface area contributed by atoms with Crippen molar-refractivity contribution in [3.63, 3.8) is 0 Å². The summed E-state index contributed by atoms with van der Waals surface area (Å²) in [6.07, 6.45) is 4.57. The van der Waals surface area contributed by atoms with Crippen molar-refractivity contribution < 1.29 is 5.21 Å². The SMILES string of the molecule is CCN(CC/C(N)=N/O)Cc1cn2ccccc2n1. The van der Waals surface area contributed by atoms with Gasteiger partial charge in [-0.25, -0.2) is 4.98 Å². The van der Waals surface area contributed by atoms with Crippen molar-refractivity contribution in [3.8, 4) is 0 Å². The standard InChI is InChI=1S/C13H19N5O/c1-2-17(8-6-12(14)16-19)9-11-10-18-7-4-3-5-13(18)15-11/h3-5,7,10,19H,2,6,8-9H2,1H3,(H2,14,16). The van der Waals surface area contributed by atoms with Gasteiger partial charge in [-0.15, -0.1) is 0 Å². The number of rotatable bonds is 6. The predicted octanol–water partition coefficient (Wildman–Crippen LogP) is 1.29. The second-order valence-corrected chi connectivity index (χ2v) is 4.41. The second kappa shape index (κ2) is 6.19. The van der Waals surface area contributed by atoms with Crippen molar-refractivity contribution in [1.82, 2.24) is 14.3 Å². The molecule has 6 nitrogen and oxygen atoms in total. The molecular weight excluding hydrogens is 242 g/mol. The van der Waals surface area contributed by atoms with Gasteiger partial charge in [-0.05, 0) is 18.7 Å². The first-order valence-corrected chi connectivity index (χ1v) is 6.34. The van der Waals surface area contributed by atoms with Crippen molar-refractivity contribution >= 4 is 11.5 Å². The summed E-state index contributed by atoms with van der Waals surface area (Å²) in [6.45, 7) is 4.49. The lowest BCUT2D eigenvalue weighted by atomic mass is 10.3. The van der Waals surface area contributed by atoms with E-state index in [9.17, 15) is 0 Å². The third kappa shape index (κ3) is 3.45. The fourth-order valence-electron chi connectivity index (χ4n) is 1.96. The molecule has 2 rings (SSSR count). The van der Waals surface area contributed by atoms with Gasteiger partial charge in [0.2, 0.25) is 0 Å². The summed E-state index contributed by atoms with van der Waals surface area (Å²) in [5.41, 5.74) is 7.45. The monoisotopic (exact) mass is 261 g/mol. The van der Waals surface area contributed by atoms with Crippen LogP contribution in [0.2, 0.25) is 0 Å². The molecule has 2 aromatic rings. The summed E-state index contributed by atoms with van der Waals surface area (Å²) in [5, 5.41) is 11.5. The average molecular weight is 261 g/mol. The quantitative estimate of drug-likeness (QED) is 0.355. The van der Waals surface area contributed by atoms with E-state index in [-0.39, 0.29) is 5.84 Å². The Balaban J connectivity index is 2.01. The molecule has 0 aliphatic rings. The largest absolute Gasteiger partial charge is 0.409 e. The van der Waals surface area contributed by atoms with Crippen LogP contribution in [0.4, 0.5) is 0 Å². The third-order valence-electron chi connectivity index (χ3n) is 3.06. The van der Waals surface area contributed by atoms with E-state index < -0.39 is 0 Å². The molecule has 0 atom stereocenters. The molecule has 0 amide bonds. The fraction of sp³-hybridized carbons (Fsp3) is 0.385. The molecule has 0 fully saturated rings. The highest BCUT2D eigenvalue weighted by atomic mass is 16.4. The molecule has 0 bridgehead atoms. The lowest BCUT2D eigenvalue weighted by molar-refractivity contribution is 0.280. The number of nitrogens with zero attached hydrogens (tertiary/aromatic N) is 4. The van der Waals surface area contributed by atoms with E-state index >= 15 is 0 Å². The maximum Gasteiger partial charge on any atom is 0.140 e. The van der Waals surface area contributed by atoms with E-state index in [4.69, 9.17) is 10.9 Å². The summed E-state index contributed by atoms with van der Waals surface area (Å²) in [7, 11) is 0. The minimum atomic E-state index is 0.258. The number of amidine groups is 1. The van der Waals surface area contributed by atoms with Gasteiger partial charge >= 0.3 is 0 Å². The minimum absolute atomic E-state index is 0.258. The van der Waals surface area contributed by atoms with Crippen LogP contribution in [0.25, 0.3) is 5.65 Å². The Hall–Kier alpha value is -2.08. The van der Waals surface area contributed by atoms with Gasteiger partial charge in [-0.1, -0.05) is 18.1 Å². The van der Waals surface area contributed by atoms with Crippen molar-refractivity contribution in [2.24, 2.45) is 10.9 Å². The van der Waals surface area contributed by atoms with Crippen LogP contribution in [-0.2, 0) is 6.54 Å². The maximum absolute atomic E-state index is 8.53.